The first-order chi connectivity index (χ1) is 6.77. The van der Waals surface area contributed by atoms with Gasteiger partial charge in [0.05, 0.1) is 19.3 Å². The van der Waals surface area contributed by atoms with Crippen LogP contribution in [0.2, 0.25) is 0 Å². The Balaban J connectivity index is 2.11. The summed E-state index contributed by atoms with van der Waals surface area (Å²) >= 11 is 1.26. The van der Waals surface area contributed by atoms with Crippen molar-refractivity contribution in [2.24, 2.45) is 0 Å². The number of carbonyl (C=O) groups is 1. The van der Waals surface area contributed by atoms with Crippen LogP contribution in [-0.2, 0) is 4.74 Å². The molecule has 1 aromatic heterocycles. The Kier molecular flexibility index (Phi) is 2.81. The molecule has 1 atom stereocenters. The van der Waals surface area contributed by atoms with Crippen molar-refractivity contribution in [1.82, 2.24) is 5.32 Å². The van der Waals surface area contributed by atoms with Crippen LogP contribution in [0.15, 0.2) is 11.4 Å². The molecular formula is C9H11NO3S. The van der Waals surface area contributed by atoms with Crippen LogP contribution in [0.4, 0.5) is 0 Å². The van der Waals surface area contributed by atoms with Crippen LogP contribution in [0.25, 0.3) is 0 Å². The van der Waals surface area contributed by atoms with Gasteiger partial charge >= 0.3 is 5.97 Å². The lowest BCUT2D eigenvalue weighted by molar-refractivity contribution is 0.0700. The molecule has 76 valence electrons. The normalized spacial score (nSPS) is 22.1. The van der Waals surface area contributed by atoms with Crippen molar-refractivity contribution in [3.05, 3.63) is 21.9 Å². The average Bonchev–Trinajstić information content (AvgIpc) is 2.68. The minimum Gasteiger partial charge on any atom is -0.477 e. The first-order valence-corrected chi connectivity index (χ1v) is 5.28. The van der Waals surface area contributed by atoms with E-state index >= 15 is 0 Å². The Labute approximate surface area is 85.5 Å². The lowest BCUT2D eigenvalue weighted by Gasteiger charge is -2.22. The minimum absolute atomic E-state index is 0.146. The molecule has 1 aliphatic rings. The zero-order chi connectivity index (χ0) is 9.97. The third kappa shape index (κ3) is 1.95. The quantitative estimate of drug-likeness (QED) is 0.772. The Morgan fingerprint density at radius 2 is 2.57 bits per heavy atom. The second kappa shape index (κ2) is 4.08. The molecule has 0 saturated carbocycles. The molecule has 1 fully saturated rings. The zero-order valence-corrected chi connectivity index (χ0v) is 8.34. The van der Waals surface area contributed by atoms with E-state index in [0.717, 1.165) is 18.7 Å². The second-order valence-corrected chi connectivity index (χ2v) is 4.04. The van der Waals surface area contributed by atoms with Gasteiger partial charge in [0.25, 0.3) is 0 Å². The summed E-state index contributed by atoms with van der Waals surface area (Å²) in [5.74, 6) is -0.863. The molecule has 0 amide bonds. The number of nitrogens with one attached hydrogen (secondary N) is 1. The van der Waals surface area contributed by atoms with Crippen molar-refractivity contribution < 1.29 is 14.6 Å². The lowest BCUT2D eigenvalue weighted by atomic mass is 10.1. The predicted octanol–water partition coefficient (Wildman–Crippen LogP) is 1.11. The molecular weight excluding hydrogens is 202 g/mol. The number of hydrogen-bond acceptors (Lipinski definition) is 4. The van der Waals surface area contributed by atoms with Gasteiger partial charge in [-0.2, -0.15) is 0 Å². The third-order valence-corrected chi connectivity index (χ3v) is 3.09. The molecule has 1 aromatic rings. The van der Waals surface area contributed by atoms with Gasteiger partial charge in [0, 0.05) is 6.54 Å². The van der Waals surface area contributed by atoms with Crippen molar-refractivity contribution in [3.8, 4) is 0 Å². The highest BCUT2D eigenvalue weighted by molar-refractivity contribution is 7.12. The molecule has 5 heteroatoms. The molecule has 2 heterocycles. The van der Waals surface area contributed by atoms with E-state index < -0.39 is 5.97 Å². The number of morpholine rings is 1. The topological polar surface area (TPSA) is 58.6 Å². The number of rotatable bonds is 2. The molecule has 0 bridgehead atoms. The van der Waals surface area contributed by atoms with Gasteiger partial charge in [-0.15, -0.1) is 11.3 Å². The molecule has 1 saturated heterocycles. The smallest absolute Gasteiger partial charge is 0.345 e. The Bertz CT molecular complexity index is 331. The molecule has 1 aliphatic heterocycles. The number of hydrogen-bond donors (Lipinski definition) is 2. The van der Waals surface area contributed by atoms with E-state index in [1.165, 1.54) is 11.3 Å². The molecule has 0 radical (unpaired) electrons. The SMILES string of the molecule is O=C(O)c1cc([C@@H]2COCCN2)cs1. The van der Waals surface area contributed by atoms with Crippen LogP contribution in [0.5, 0.6) is 0 Å². The fourth-order valence-electron chi connectivity index (χ4n) is 1.43. The van der Waals surface area contributed by atoms with Crippen LogP contribution < -0.4 is 5.32 Å². The largest absolute Gasteiger partial charge is 0.477 e. The van der Waals surface area contributed by atoms with E-state index in [0.29, 0.717) is 11.5 Å². The van der Waals surface area contributed by atoms with E-state index in [1.807, 2.05) is 5.38 Å². The maximum Gasteiger partial charge on any atom is 0.345 e. The molecule has 4 nitrogen and oxygen atoms in total. The maximum absolute atomic E-state index is 10.7. The Morgan fingerprint density at radius 3 is 3.14 bits per heavy atom. The summed E-state index contributed by atoms with van der Waals surface area (Å²) in [4.78, 5) is 11.0. The summed E-state index contributed by atoms with van der Waals surface area (Å²) in [6.45, 7) is 2.17. The standard InChI is InChI=1S/C9H11NO3S/c11-9(12)8-3-6(5-14-8)7-4-13-2-1-10-7/h3,5,7,10H,1-2,4H2,(H,11,12)/t7-/m0/s1. The number of carboxylic acid groups (broad SMARTS) is 1. The van der Waals surface area contributed by atoms with Gasteiger partial charge in [-0.3, -0.25) is 0 Å². The van der Waals surface area contributed by atoms with Crippen LogP contribution in [0.1, 0.15) is 21.3 Å². The predicted molar refractivity (Wildman–Crippen MR) is 52.8 cm³/mol. The van der Waals surface area contributed by atoms with E-state index in [4.69, 9.17) is 9.84 Å². The van der Waals surface area contributed by atoms with E-state index in [1.54, 1.807) is 6.07 Å². The number of carboxylic acids is 1. The first-order valence-electron chi connectivity index (χ1n) is 4.40. The van der Waals surface area contributed by atoms with Gasteiger partial charge < -0.3 is 15.2 Å². The first kappa shape index (κ1) is 9.64. The monoisotopic (exact) mass is 213 g/mol. The van der Waals surface area contributed by atoms with Crippen molar-refractivity contribution in [1.29, 1.82) is 0 Å². The van der Waals surface area contributed by atoms with Gasteiger partial charge in [0.1, 0.15) is 4.88 Å². The fourth-order valence-corrected chi connectivity index (χ4v) is 2.23. The minimum atomic E-state index is -0.863. The van der Waals surface area contributed by atoms with Crippen molar-refractivity contribution >= 4 is 17.3 Å². The molecule has 2 N–H and O–H groups in total. The molecule has 14 heavy (non-hydrogen) atoms. The van der Waals surface area contributed by atoms with Crippen molar-refractivity contribution in [3.63, 3.8) is 0 Å². The molecule has 2 rings (SSSR count). The highest BCUT2D eigenvalue weighted by Gasteiger charge is 2.17. The van der Waals surface area contributed by atoms with Gasteiger partial charge in [0.15, 0.2) is 0 Å². The molecule has 0 aliphatic carbocycles. The lowest BCUT2D eigenvalue weighted by Crippen LogP contribution is -2.34. The Morgan fingerprint density at radius 1 is 1.71 bits per heavy atom. The highest BCUT2D eigenvalue weighted by Crippen LogP contribution is 2.22. The third-order valence-electron chi connectivity index (χ3n) is 2.15. The van der Waals surface area contributed by atoms with E-state index in [-0.39, 0.29) is 6.04 Å². The zero-order valence-electron chi connectivity index (χ0n) is 7.53. The number of ether oxygens (including phenoxy) is 1. The van der Waals surface area contributed by atoms with Crippen LogP contribution in [-0.4, -0.2) is 30.8 Å². The van der Waals surface area contributed by atoms with Gasteiger partial charge in [-0.1, -0.05) is 0 Å². The summed E-state index contributed by atoms with van der Waals surface area (Å²) in [6, 6.07) is 1.85. The second-order valence-electron chi connectivity index (χ2n) is 3.13. The summed E-state index contributed by atoms with van der Waals surface area (Å²) < 4.78 is 5.30. The number of thiophene rings is 1. The number of aromatic carboxylic acids is 1. The van der Waals surface area contributed by atoms with E-state index in [2.05, 4.69) is 5.32 Å². The highest BCUT2D eigenvalue weighted by atomic mass is 32.1. The van der Waals surface area contributed by atoms with Gasteiger partial charge in [-0.05, 0) is 17.0 Å². The van der Waals surface area contributed by atoms with Gasteiger partial charge in [-0.25, -0.2) is 4.79 Å². The summed E-state index contributed by atoms with van der Waals surface area (Å²) in [5.41, 5.74) is 1.01. The molecule has 0 aromatic carbocycles. The summed E-state index contributed by atoms with van der Waals surface area (Å²) in [7, 11) is 0. The fraction of sp³-hybridized carbons (Fsp3) is 0.444. The summed E-state index contributed by atoms with van der Waals surface area (Å²) in [6.07, 6.45) is 0. The van der Waals surface area contributed by atoms with Crippen molar-refractivity contribution in [2.75, 3.05) is 19.8 Å². The van der Waals surface area contributed by atoms with E-state index in [9.17, 15) is 4.79 Å². The van der Waals surface area contributed by atoms with Crippen LogP contribution in [0.3, 0.4) is 0 Å². The maximum atomic E-state index is 10.7. The van der Waals surface area contributed by atoms with Crippen molar-refractivity contribution in [2.45, 2.75) is 6.04 Å². The molecule has 0 unspecified atom stereocenters. The van der Waals surface area contributed by atoms with Crippen LogP contribution >= 0.6 is 11.3 Å². The Hall–Kier alpha value is -0.910. The van der Waals surface area contributed by atoms with Crippen LogP contribution in [0, 0.1) is 0 Å². The average molecular weight is 213 g/mol. The summed E-state index contributed by atoms with van der Waals surface area (Å²) in [5, 5.41) is 13.9. The van der Waals surface area contributed by atoms with Gasteiger partial charge in [0.2, 0.25) is 0 Å². The molecule has 0 spiro atoms.